The second-order valence-corrected chi connectivity index (χ2v) is 4.98. The Balaban J connectivity index is 4.06. The average molecular weight is 273 g/mol. The maximum atomic E-state index is 11.4. The number of nitrogens with one attached hydrogen (secondary N) is 3. The first-order chi connectivity index (χ1) is 8.71. The van der Waals surface area contributed by atoms with Crippen LogP contribution in [0.2, 0.25) is 0 Å². The third kappa shape index (κ3) is 6.64. The molecule has 0 aromatic rings. The van der Waals surface area contributed by atoms with E-state index in [4.69, 9.17) is 5.11 Å². The van der Waals surface area contributed by atoms with Gasteiger partial charge >= 0.3 is 12.0 Å². The lowest BCUT2D eigenvalue weighted by Crippen LogP contribution is -2.47. The zero-order valence-electron chi connectivity index (χ0n) is 11.9. The molecular weight excluding hydrogens is 250 g/mol. The third-order valence-corrected chi connectivity index (χ3v) is 2.79. The molecule has 0 heterocycles. The van der Waals surface area contributed by atoms with Crippen molar-refractivity contribution in [2.45, 2.75) is 40.2 Å². The minimum absolute atomic E-state index is 0.00718. The van der Waals surface area contributed by atoms with Gasteiger partial charge in [0.2, 0.25) is 5.91 Å². The van der Waals surface area contributed by atoms with Gasteiger partial charge in [0.1, 0.15) is 0 Å². The summed E-state index contributed by atoms with van der Waals surface area (Å²) in [5, 5.41) is 16.5. The van der Waals surface area contributed by atoms with Crippen LogP contribution in [0.5, 0.6) is 0 Å². The number of carboxylic acids is 1. The zero-order valence-corrected chi connectivity index (χ0v) is 11.9. The Morgan fingerprint density at radius 1 is 1.21 bits per heavy atom. The van der Waals surface area contributed by atoms with E-state index in [0.717, 1.165) is 0 Å². The predicted octanol–water partition coefficient (Wildman–Crippen LogP) is 0.311. The summed E-state index contributed by atoms with van der Waals surface area (Å²) in [5.74, 6) is -1.26. The van der Waals surface area contributed by atoms with E-state index in [1.54, 1.807) is 13.8 Å². The smallest absolute Gasteiger partial charge is 0.315 e. The lowest BCUT2D eigenvalue weighted by atomic mass is 9.88. The number of urea groups is 1. The molecule has 110 valence electrons. The van der Waals surface area contributed by atoms with Gasteiger partial charge < -0.3 is 21.1 Å². The lowest BCUT2D eigenvalue weighted by Gasteiger charge is -2.23. The number of carboxylic acid groups (broad SMARTS) is 1. The van der Waals surface area contributed by atoms with Crippen molar-refractivity contribution in [3.63, 3.8) is 0 Å². The summed E-state index contributed by atoms with van der Waals surface area (Å²) in [6, 6.07) is -0.549. The zero-order chi connectivity index (χ0) is 15.1. The summed E-state index contributed by atoms with van der Waals surface area (Å²) in [4.78, 5) is 33.7. The molecule has 0 aliphatic rings. The summed E-state index contributed by atoms with van der Waals surface area (Å²) in [6.07, 6.45) is 0.399. The highest BCUT2D eigenvalue weighted by Gasteiger charge is 2.31. The number of hydrogen-bond donors (Lipinski definition) is 4. The molecule has 0 saturated heterocycles. The van der Waals surface area contributed by atoms with Gasteiger partial charge in [0.25, 0.3) is 0 Å². The van der Waals surface area contributed by atoms with E-state index >= 15 is 0 Å². The number of aliphatic carboxylic acids is 1. The van der Waals surface area contributed by atoms with Gasteiger partial charge in [0, 0.05) is 12.6 Å². The second kappa shape index (κ2) is 7.60. The molecule has 3 amide bonds. The molecule has 7 heteroatoms. The summed E-state index contributed by atoms with van der Waals surface area (Å²) in [6.45, 7) is 6.80. The van der Waals surface area contributed by atoms with Gasteiger partial charge in [-0.05, 0) is 27.2 Å². The Bertz CT molecular complexity index is 344. The van der Waals surface area contributed by atoms with Crippen LogP contribution in [0.1, 0.15) is 34.1 Å². The van der Waals surface area contributed by atoms with E-state index in [1.165, 1.54) is 0 Å². The maximum absolute atomic E-state index is 11.4. The van der Waals surface area contributed by atoms with Crippen LogP contribution in [0.4, 0.5) is 4.79 Å². The quantitative estimate of drug-likeness (QED) is 0.535. The molecule has 19 heavy (non-hydrogen) atoms. The largest absolute Gasteiger partial charge is 0.481 e. The fourth-order valence-corrected chi connectivity index (χ4v) is 1.22. The highest BCUT2D eigenvalue weighted by Crippen LogP contribution is 2.19. The number of carbonyl (C=O) groups excluding carboxylic acids is 2. The highest BCUT2D eigenvalue weighted by molar-refractivity contribution is 5.84. The first-order valence-corrected chi connectivity index (χ1v) is 6.25. The van der Waals surface area contributed by atoms with Gasteiger partial charge in [-0.1, -0.05) is 6.92 Å². The van der Waals surface area contributed by atoms with Gasteiger partial charge in [-0.15, -0.1) is 0 Å². The molecule has 0 rings (SSSR count). The van der Waals surface area contributed by atoms with E-state index in [2.05, 4.69) is 16.0 Å². The van der Waals surface area contributed by atoms with Crippen molar-refractivity contribution < 1.29 is 19.5 Å². The van der Waals surface area contributed by atoms with Crippen LogP contribution in [-0.2, 0) is 9.59 Å². The lowest BCUT2D eigenvalue weighted by molar-refractivity contribution is -0.147. The highest BCUT2D eigenvalue weighted by atomic mass is 16.4. The molecule has 1 unspecified atom stereocenters. The standard InChI is InChI=1S/C12H23N3O4/c1-5-12(4,10(17)18)7-14-11(19)13-6-9(16)15-8(2)3/h8H,5-7H2,1-4H3,(H,15,16)(H,17,18)(H2,13,14,19). The van der Waals surface area contributed by atoms with Crippen molar-refractivity contribution in [1.82, 2.24) is 16.0 Å². The van der Waals surface area contributed by atoms with E-state index in [0.29, 0.717) is 6.42 Å². The van der Waals surface area contributed by atoms with Crippen LogP contribution in [-0.4, -0.2) is 42.1 Å². The van der Waals surface area contributed by atoms with Crippen molar-refractivity contribution in [3.05, 3.63) is 0 Å². The minimum Gasteiger partial charge on any atom is -0.481 e. The second-order valence-electron chi connectivity index (χ2n) is 4.98. The Morgan fingerprint density at radius 3 is 2.21 bits per heavy atom. The Kier molecular flexibility index (Phi) is 6.89. The van der Waals surface area contributed by atoms with Crippen LogP contribution in [0.3, 0.4) is 0 Å². The van der Waals surface area contributed by atoms with E-state index in [9.17, 15) is 14.4 Å². The number of carbonyl (C=O) groups is 3. The molecule has 0 aliphatic carbocycles. The van der Waals surface area contributed by atoms with Crippen LogP contribution < -0.4 is 16.0 Å². The summed E-state index contributed by atoms with van der Waals surface area (Å²) >= 11 is 0. The van der Waals surface area contributed by atoms with Crippen molar-refractivity contribution in [3.8, 4) is 0 Å². The predicted molar refractivity (Wildman–Crippen MR) is 70.7 cm³/mol. The van der Waals surface area contributed by atoms with Crippen molar-refractivity contribution in [2.75, 3.05) is 13.1 Å². The van der Waals surface area contributed by atoms with Crippen molar-refractivity contribution in [1.29, 1.82) is 0 Å². The van der Waals surface area contributed by atoms with Gasteiger partial charge in [0.15, 0.2) is 0 Å². The molecule has 0 radical (unpaired) electrons. The summed E-state index contributed by atoms with van der Waals surface area (Å²) < 4.78 is 0. The van der Waals surface area contributed by atoms with Gasteiger partial charge in [-0.25, -0.2) is 4.79 Å². The van der Waals surface area contributed by atoms with Gasteiger partial charge in [-0.3, -0.25) is 9.59 Å². The van der Waals surface area contributed by atoms with E-state index in [-0.39, 0.29) is 25.0 Å². The number of hydrogen-bond acceptors (Lipinski definition) is 3. The topological polar surface area (TPSA) is 108 Å². The van der Waals surface area contributed by atoms with E-state index in [1.807, 2.05) is 13.8 Å². The van der Waals surface area contributed by atoms with Crippen LogP contribution in [0.15, 0.2) is 0 Å². The number of rotatable bonds is 7. The molecule has 0 aliphatic heterocycles. The molecule has 0 aromatic carbocycles. The molecule has 0 spiro atoms. The Morgan fingerprint density at radius 2 is 1.79 bits per heavy atom. The molecule has 4 N–H and O–H groups in total. The molecule has 0 aromatic heterocycles. The summed E-state index contributed by atoms with van der Waals surface area (Å²) in [7, 11) is 0. The Labute approximate surface area is 113 Å². The fourth-order valence-electron chi connectivity index (χ4n) is 1.22. The third-order valence-electron chi connectivity index (χ3n) is 2.79. The maximum Gasteiger partial charge on any atom is 0.315 e. The molecule has 0 saturated carbocycles. The molecule has 1 atom stereocenters. The fraction of sp³-hybridized carbons (Fsp3) is 0.750. The molecule has 0 bridgehead atoms. The Hall–Kier alpha value is -1.79. The SMILES string of the molecule is CCC(C)(CNC(=O)NCC(=O)NC(C)C)C(=O)O. The van der Waals surface area contributed by atoms with Crippen LogP contribution >= 0.6 is 0 Å². The van der Waals surface area contributed by atoms with Crippen LogP contribution in [0.25, 0.3) is 0 Å². The molecular formula is C12H23N3O4. The van der Waals surface area contributed by atoms with E-state index < -0.39 is 17.4 Å². The monoisotopic (exact) mass is 273 g/mol. The van der Waals surface area contributed by atoms with Crippen molar-refractivity contribution >= 4 is 17.9 Å². The normalized spacial score (nSPS) is 13.5. The number of amides is 3. The summed E-state index contributed by atoms with van der Waals surface area (Å²) in [5.41, 5.74) is -1.00. The first-order valence-electron chi connectivity index (χ1n) is 6.25. The van der Waals surface area contributed by atoms with Gasteiger partial charge in [0.05, 0.1) is 12.0 Å². The minimum atomic E-state index is -1.00. The van der Waals surface area contributed by atoms with Gasteiger partial charge in [-0.2, -0.15) is 0 Å². The molecule has 0 fully saturated rings. The first kappa shape index (κ1) is 17.2. The van der Waals surface area contributed by atoms with Crippen molar-refractivity contribution in [2.24, 2.45) is 5.41 Å². The molecule has 7 nitrogen and oxygen atoms in total. The average Bonchev–Trinajstić information content (AvgIpc) is 2.32. The van der Waals surface area contributed by atoms with Crippen LogP contribution in [0, 0.1) is 5.41 Å².